The van der Waals surface area contributed by atoms with Gasteiger partial charge < -0.3 is 10.5 Å². The maximum Gasteiger partial charge on any atom is 0.127 e. The molecule has 1 aliphatic rings. The highest BCUT2D eigenvalue weighted by Crippen LogP contribution is 2.41. The Kier molecular flexibility index (Phi) is 3.36. The van der Waals surface area contributed by atoms with E-state index in [9.17, 15) is 8.78 Å². The average Bonchev–Trinajstić information content (AvgIpc) is 2.39. The third-order valence-corrected chi connectivity index (χ3v) is 3.75. The van der Waals surface area contributed by atoms with Crippen molar-refractivity contribution in [2.45, 2.75) is 18.6 Å². The number of fused-ring (bicyclic) bond motifs is 1. The molecule has 0 spiro atoms. The maximum atomic E-state index is 13.2. The summed E-state index contributed by atoms with van der Waals surface area (Å²) in [7, 11) is 0. The molecule has 1 unspecified atom stereocenters. The standard InChI is InChI=1S/C15H12ClF2NO/c16-12-6-9(18)1-3-10(12)15-7-13(19)11-5-8(17)2-4-14(11)20-15/h1-6,13,15H,7,19H2/t13-,15?/m1/s1. The topological polar surface area (TPSA) is 35.2 Å². The van der Waals surface area contributed by atoms with Gasteiger partial charge in [0.15, 0.2) is 0 Å². The molecule has 2 nitrogen and oxygen atoms in total. The molecular weight excluding hydrogens is 284 g/mol. The van der Waals surface area contributed by atoms with Crippen molar-refractivity contribution in [3.05, 3.63) is 64.2 Å². The minimum atomic E-state index is -0.402. The molecule has 104 valence electrons. The summed E-state index contributed by atoms with van der Waals surface area (Å²) < 4.78 is 32.1. The molecule has 0 aliphatic carbocycles. The van der Waals surface area contributed by atoms with Crippen LogP contribution in [0.2, 0.25) is 5.02 Å². The predicted octanol–water partition coefficient (Wildman–Crippen LogP) is 4.14. The third-order valence-electron chi connectivity index (χ3n) is 3.42. The van der Waals surface area contributed by atoms with Gasteiger partial charge in [-0.2, -0.15) is 0 Å². The monoisotopic (exact) mass is 295 g/mol. The molecule has 1 heterocycles. The molecule has 0 radical (unpaired) electrons. The molecule has 5 heteroatoms. The van der Waals surface area contributed by atoms with Gasteiger partial charge >= 0.3 is 0 Å². The molecule has 2 N–H and O–H groups in total. The van der Waals surface area contributed by atoms with Crippen molar-refractivity contribution < 1.29 is 13.5 Å². The van der Waals surface area contributed by atoms with Crippen LogP contribution in [-0.4, -0.2) is 0 Å². The van der Waals surface area contributed by atoms with Crippen molar-refractivity contribution in [2.24, 2.45) is 5.73 Å². The summed E-state index contributed by atoms with van der Waals surface area (Å²) in [5, 5.41) is 0.299. The molecule has 0 amide bonds. The lowest BCUT2D eigenvalue weighted by atomic mass is 9.93. The molecule has 1 aliphatic heterocycles. The number of hydrogen-bond donors (Lipinski definition) is 1. The number of rotatable bonds is 1. The summed E-state index contributed by atoms with van der Waals surface area (Å²) in [5.74, 6) is -0.210. The Labute approximate surface area is 120 Å². The Morgan fingerprint density at radius 3 is 2.50 bits per heavy atom. The lowest BCUT2D eigenvalue weighted by Gasteiger charge is -2.31. The molecule has 2 aromatic rings. The van der Waals surface area contributed by atoms with E-state index in [1.165, 1.54) is 24.3 Å². The van der Waals surface area contributed by atoms with Crippen molar-refractivity contribution >= 4 is 11.6 Å². The second-order valence-electron chi connectivity index (χ2n) is 4.80. The van der Waals surface area contributed by atoms with Crippen molar-refractivity contribution in [1.29, 1.82) is 0 Å². The van der Waals surface area contributed by atoms with Gasteiger partial charge in [-0.05, 0) is 30.3 Å². The SMILES string of the molecule is N[C@@H]1CC(c2ccc(F)cc2Cl)Oc2ccc(F)cc21. The smallest absolute Gasteiger partial charge is 0.127 e. The third kappa shape index (κ3) is 2.37. The first-order chi connectivity index (χ1) is 9.54. The Balaban J connectivity index is 1.97. The van der Waals surface area contributed by atoms with E-state index >= 15 is 0 Å². The summed E-state index contributed by atoms with van der Waals surface area (Å²) in [6.07, 6.45) is 0.0954. The van der Waals surface area contributed by atoms with E-state index in [2.05, 4.69) is 0 Å². The van der Waals surface area contributed by atoms with E-state index in [0.29, 0.717) is 28.3 Å². The van der Waals surface area contributed by atoms with Gasteiger partial charge in [0.1, 0.15) is 23.5 Å². The molecule has 0 saturated heterocycles. The molecule has 0 aromatic heterocycles. The Morgan fingerprint density at radius 1 is 1.05 bits per heavy atom. The summed E-state index contributed by atoms with van der Waals surface area (Å²) in [6, 6.07) is 8.06. The number of benzene rings is 2. The molecule has 3 rings (SSSR count). The fourth-order valence-corrected chi connectivity index (χ4v) is 2.72. The van der Waals surface area contributed by atoms with Crippen LogP contribution in [0, 0.1) is 11.6 Å². The Bertz CT molecular complexity index is 662. The van der Waals surface area contributed by atoms with Crippen molar-refractivity contribution in [3.63, 3.8) is 0 Å². The van der Waals surface area contributed by atoms with Crippen LogP contribution in [0.4, 0.5) is 8.78 Å². The van der Waals surface area contributed by atoms with Gasteiger partial charge in [-0.15, -0.1) is 0 Å². The summed E-state index contributed by atoms with van der Waals surface area (Å²) in [4.78, 5) is 0. The number of hydrogen-bond acceptors (Lipinski definition) is 2. The second kappa shape index (κ2) is 5.04. The van der Waals surface area contributed by atoms with E-state index in [1.54, 1.807) is 12.1 Å². The Hall–Kier alpha value is -1.65. The minimum absolute atomic E-state index is 0.299. The van der Waals surface area contributed by atoms with Crippen LogP contribution in [0.15, 0.2) is 36.4 Å². The van der Waals surface area contributed by atoms with Gasteiger partial charge in [-0.3, -0.25) is 0 Å². The highest BCUT2D eigenvalue weighted by Gasteiger charge is 2.28. The lowest BCUT2D eigenvalue weighted by molar-refractivity contribution is 0.161. The largest absolute Gasteiger partial charge is 0.485 e. The first-order valence-corrected chi connectivity index (χ1v) is 6.59. The number of nitrogens with two attached hydrogens (primary N) is 1. The zero-order valence-electron chi connectivity index (χ0n) is 10.4. The number of ether oxygens (including phenoxy) is 1. The summed E-state index contributed by atoms with van der Waals surface area (Å²) in [6.45, 7) is 0. The highest BCUT2D eigenvalue weighted by atomic mass is 35.5. The van der Waals surface area contributed by atoms with E-state index < -0.39 is 5.82 Å². The van der Waals surface area contributed by atoms with Gasteiger partial charge in [-0.1, -0.05) is 17.7 Å². The fourth-order valence-electron chi connectivity index (χ4n) is 2.43. The second-order valence-corrected chi connectivity index (χ2v) is 5.20. The summed E-state index contributed by atoms with van der Waals surface area (Å²) in [5.41, 5.74) is 7.38. The van der Waals surface area contributed by atoms with Crippen molar-refractivity contribution in [2.75, 3.05) is 0 Å². The van der Waals surface area contributed by atoms with Crippen molar-refractivity contribution in [1.82, 2.24) is 0 Å². The highest BCUT2D eigenvalue weighted by molar-refractivity contribution is 6.31. The molecule has 0 saturated carbocycles. The van der Waals surface area contributed by atoms with Crippen LogP contribution in [-0.2, 0) is 0 Å². The van der Waals surface area contributed by atoms with Gasteiger partial charge in [0.05, 0.1) is 5.02 Å². The van der Waals surface area contributed by atoms with Gasteiger partial charge in [0.25, 0.3) is 0 Å². The maximum absolute atomic E-state index is 13.2. The lowest BCUT2D eigenvalue weighted by Crippen LogP contribution is -2.24. The molecule has 20 heavy (non-hydrogen) atoms. The molecule has 2 aromatic carbocycles. The van der Waals surface area contributed by atoms with Crippen LogP contribution < -0.4 is 10.5 Å². The van der Waals surface area contributed by atoms with Crippen molar-refractivity contribution in [3.8, 4) is 5.75 Å². The molecule has 0 fully saturated rings. The van der Waals surface area contributed by atoms with Gasteiger partial charge in [0.2, 0.25) is 0 Å². The zero-order valence-corrected chi connectivity index (χ0v) is 11.2. The zero-order chi connectivity index (χ0) is 14.3. The van der Waals surface area contributed by atoms with Gasteiger partial charge in [-0.25, -0.2) is 8.78 Å². The fraction of sp³-hybridized carbons (Fsp3) is 0.200. The summed E-state index contributed by atoms with van der Waals surface area (Å²) >= 11 is 6.04. The Morgan fingerprint density at radius 2 is 1.75 bits per heavy atom. The first-order valence-electron chi connectivity index (χ1n) is 6.21. The van der Waals surface area contributed by atoms with Crippen LogP contribution >= 0.6 is 11.6 Å². The number of halogens is 3. The van der Waals surface area contributed by atoms with Crippen LogP contribution in [0.5, 0.6) is 5.75 Å². The minimum Gasteiger partial charge on any atom is -0.485 e. The van der Waals surface area contributed by atoms with Crippen LogP contribution in [0.25, 0.3) is 0 Å². The van der Waals surface area contributed by atoms with E-state index in [4.69, 9.17) is 22.1 Å². The average molecular weight is 296 g/mol. The van der Waals surface area contributed by atoms with Crippen LogP contribution in [0.3, 0.4) is 0 Å². The van der Waals surface area contributed by atoms with E-state index in [1.807, 2.05) is 0 Å². The molecule has 0 bridgehead atoms. The van der Waals surface area contributed by atoms with Crippen LogP contribution in [0.1, 0.15) is 29.7 Å². The normalized spacial score (nSPS) is 21.2. The quantitative estimate of drug-likeness (QED) is 0.858. The van der Waals surface area contributed by atoms with Gasteiger partial charge in [0, 0.05) is 23.6 Å². The van der Waals surface area contributed by atoms with E-state index in [-0.39, 0.29) is 18.0 Å². The first kappa shape index (κ1) is 13.3. The molecule has 2 atom stereocenters. The van der Waals surface area contributed by atoms with E-state index in [0.717, 1.165) is 0 Å². The predicted molar refractivity (Wildman–Crippen MR) is 72.7 cm³/mol. The molecular formula is C15H12ClF2NO.